The highest BCUT2D eigenvalue weighted by Gasteiger charge is 2.40. The fourth-order valence-corrected chi connectivity index (χ4v) is 5.28. The average molecular weight is 521 g/mol. The van der Waals surface area contributed by atoms with Crippen molar-refractivity contribution in [3.63, 3.8) is 0 Å². The number of carbonyl (C=O) groups is 1. The normalized spacial score (nSPS) is 15.4. The predicted octanol–water partition coefficient (Wildman–Crippen LogP) is 3.52. The van der Waals surface area contributed by atoms with E-state index in [2.05, 4.69) is 33.5 Å². The lowest BCUT2D eigenvalue weighted by Gasteiger charge is -2.34. The zero-order chi connectivity index (χ0) is 27.6. The molecule has 2 heterocycles. The summed E-state index contributed by atoms with van der Waals surface area (Å²) in [7, 11) is 1.74. The summed E-state index contributed by atoms with van der Waals surface area (Å²) < 4.78 is 7.66. The first-order valence-corrected chi connectivity index (χ1v) is 13.0. The molecule has 0 radical (unpaired) electrons. The number of rotatable bonds is 9. The van der Waals surface area contributed by atoms with Crippen molar-refractivity contribution in [1.82, 2.24) is 14.5 Å². The number of morpholine rings is 1. The van der Waals surface area contributed by atoms with Crippen molar-refractivity contribution in [3.05, 3.63) is 76.4 Å². The Morgan fingerprint density at radius 3 is 2.55 bits per heavy atom. The standard InChI is InChI=1S/C29H40N6O3/c1-19-6-7-21(16-22(19)17-35-11-10-32-25(35)18-34-12-14-38-15-13-34)26(29(3,4)28(36)37)23-8-9-24(33(5)31)27(30)20(23)2/h6-11,16,26H,12-15,17-18,30-31H2,1-5H3,(H,36,37). The van der Waals surface area contributed by atoms with Crippen LogP contribution in [0, 0.1) is 19.3 Å². The fraction of sp³-hybridized carbons (Fsp3) is 0.448. The van der Waals surface area contributed by atoms with Gasteiger partial charge in [-0.3, -0.25) is 9.69 Å². The lowest BCUT2D eigenvalue weighted by Crippen LogP contribution is -2.36. The number of hydrazine groups is 1. The fourth-order valence-electron chi connectivity index (χ4n) is 5.28. The molecule has 204 valence electrons. The highest BCUT2D eigenvalue weighted by molar-refractivity contribution is 5.78. The van der Waals surface area contributed by atoms with Gasteiger partial charge >= 0.3 is 5.97 Å². The second-order valence-electron chi connectivity index (χ2n) is 10.8. The van der Waals surface area contributed by atoms with E-state index < -0.39 is 17.3 Å². The van der Waals surface area contributed by atoms with Crippen LogP contribution in [-0.4, -0.2) is 58.9 Å². The molecule has 2 aromatic carbocycles. The lowest BCUT2D eigenvalue weighted by molar-refractivity contribution is -0.147. The summed E-state index contributed by atoms with van der Waals surface area (Å²) in [6, 6.07) is 10.1. The van der Waals surface area contributed by atoms with Gasteiger partial charge in [0.15, 0.2) is 0 Å². The summed E-state index contributed by atoms with van der Waals surface area (Å²) in [5.41, 5.74) is 11.6. The van der Waals surface area contributed by atoms with Crippen LogP contribution in [0.2, 0.25) is 0 Å². The number of nitrogen functional groups attached to an aromatic ring is 1. The molecule has 3 aromatic rings. The summed E-state index contributed by atoms with van der Waals surface area (Å²) in [6.07, 6.45) is 3.85. The number of aryl methyl sites for hydroxylation is 1. The highest BCUT2D eigenvalue weighted by Crippen LogP contribution is 2.45. The molecule has 0 amide bonds. The Balaban J connectivity index is 1.73. The smallest absolute Gasteiger partial charge is 0.310 e. The van der Waals surface area contributed by atoms with E-state index in [1.807, 2.05) is 37.5 Å². The maximum absolute atomic E-state index is 12.5. The third kappa shape index (κ3) is 5.55. The molecule has 0 bridgehead atoms. The van der Waals surface area contributed by atoms with Gasteiger partial charge < -0.3 is 25.2 Å². The zero-order valence-corrected chi connectivity index (χ0v) is 23.1. The monoisotopic (exact) mass is 520 g/mol. The van der Waals surface area contributed by atoms with Crippen LogP contribution >= 0.6 is 0 Å². The molecule has 1 saturated heterocycles. The van der Waals surface area contributed by atoms with E-state index in [1.165, 1.54) is 5.01 Å². The van der Waals surface area contributed by atoms with Crippen LogP contribution in [0.25, 0.3) is 0 Å². The van der Waals surface area contributed by atoms with E-state index in [4.69, 9.17) is 16.3 Å². The number of imidazole rings is 1. The first kappa shape index (κ1) is 27.6. The van der Waals surface area contributed by atoms with Crippen molar-refractivity contribution in [2.75, 3.05) is 44.1 Å². The topological polar surface area (TPSA) is 123 Å². The minimum atomic E-state index is -1.09. The molecule has 38 heavy (non-hydrogen) atoms. The third-order valence-electron chi connectivity index (χ3n) is 7.82. The van der Waals surface area contributed by atoms with Crippen molar-refractivity contribution in [2.24, 2.45) is 11.3 Å². The number of benzene rings is 2. The number of carboxylic acid groups (broad SMARTS) is 1. The molecule has 1 unspecified atom stereocenters. The summed E-state index contributed by atoms with van der Waals surface area (Å²) in [6.45, 7) is 12.3. The number of ether oxygens (including phenoxy) is 1. The number of nitrogens with zero attached hydrogens (tertiary/aromatic N) is 4. The Hall–Kier alpha value is -3.40. The van der Waals surface area contributed by atoms with E-state index in [0.29, 0.717) is 17.9 Å². The van der Waals surface area contributed by atoms with Crippen molar-refractivity contribution < 1.29 is 14.6 Å². The molecule has 9 heteroatoms. The Morgan fingerprint density at radius 1 is 1.18 bits per heavy atom. The predicted molar refractivity (Wildman–Crippen MR) is 150 cm³/mol. The largest absolute Gasteiger partial charge is 0.481 e. The van der Waals surface area contributed by atoms with Crippen LogP contribution in [0.5, 0.6) is 0 Å². The zero-order valence-electron chi connectivity index (χ0n) is 23.1. The molecular weight excluding hydrogens is 480 g/mol. The van der Waals surface area contributed by atoms with Crippen LogP contribution < -0.4 is 16.6 Å². The molecule has 1 aliphatic heterocycles. The van der Waals surface area contributed by atoms with Crippen molar-refractivity contribution in [3.8, 4) is 0 Å². The molecule has 0 spiro atoms. The molecule has 0 saturated carbocycles. The SMILES string of the molecule is Cc1ccc(C(c2ccc(N(C)N)c(N)c2C)C(C)(C)C(=O)O)cc1Cn1ccnc1CN1CCOCC1. The first-order chi connectivity index (χ1) is 18.0. The van der Waals surface area contributed by atoms with Gasteiger partial charge in [0, 0.05) is 45.0 Å². The Kier molecular flexibility index (Phi) is 8.10. The van der Waals surface area contributed by atoms with E-state index >= 15 is 0 Å². The van der Waals surface area contributed by atoms with Gasteiger partial charge in [-0.05, 0) is 61.6 Å². The molecule has 1 fully saturated rings. The Labute approximate surface area is 225 Å². The van der Waals surface area contributed by atoms with Crippen LogP contribution in [0.3, 0.4) is 0 Å². The number of anilines is 2. The summed E-state index contributed by atoms with van der Waals surface area (Å²) >= 11 is 0. The van der Waals surface area contributed by atoms with Crippen LogP contribution in [0.4, 0.5) is 11.4 Å². The lowest BCUT2D eigenvalue weighted by atomic mass is 9.69. The van der Waals surface area contributed by atoms with Crippen molar-refractivity contribution in [1.29, 1.82) is 0 Å². The van der Waals surface area contributed by atoms with Gasteiger partial charge in [-0.15, -0.1) is 0 Å². The van der Waals surface area contributed by atoms with Gasteiger partial charge in [-0.25, -0.2) is 10.8 Å². The molecule has 1 aliphatic rings. The minimum Gasteiger partial charge on any atom is -0.481 e. The van der Waals surface area contributed by atoms with E-state index in [0.717, 1.165) is 66.5 Å². The van der Waals surface area contributed by atoms with Crippen LogP contribution in [-0.2, 0) is 22.6 Å². The number of aliphatic carboxylic acids is 1. The average Bonchev–Trinajstić information content (AvgIpc) is 3.30. The number of aromatic nitrogens is 2. The Morgan fingerprint density at radius 2 is 1.89 bits per heavy atom. The van der Waals surface area contributed by atoms with E-state index in [1.54, 1.807) is 20.9 Å². The maximum atomic E-state index is 12.5. The molecule has 1 aromatic heterocycles. The van der Waals surface area contributed by atoms with Gasteiger partial charge in [-0.1, -0.05) is 24.3 Å². The minimum absolute atomic E-state index is 0.422. The number of nitrogens with two attached hydrogens (primary N) is 2. The van der Waals surface area contributed by atoms with Gasteiger partial charge in [0.1, 0.15) is 5.82 Å². The van der Waals surface area contributed by atoms with Gasteiger partial charge in [0.25, 0.3) is 0 Å². The third-order valence-corrected chi connectivity index (χ3v) is 7.82. The van der Waals surface area contributed by atoms with Gasteiger partial charge in [0.2, 0.25) is 0 Å². The van der Waals surface area contributed by atoms with Gasteiger partial charge in [0.05, 0.1) is 36.5 Å². The second kappa shape index (κ2) is 11.1. The Bertz CT molecular complexity index is 1290. The van der Waals surface area contributed by atoms with E-state index in [9.17, 15) is 9.90 Å². The van der Waals surface area contributed by atoms with Crippen molar-refractivity contribution in [2.45, 2.75) is 46.7 Å². The van der Waals surface area contributed by atoms with E-state index in [-0.39, 0.29) is 0 Å². The second-order valence-corrected chi connectivity index (χ2v) is 10.8. The van der Waals surface area contributed by atoms with Gasteiger partial charge in [-0.2, -0.15) is 0 Å². The number of hydrogen-bond donors (Lipinski definition) is 3. The van der Waals surface area contributed by atoms with Crippen LogP contribution in [0.1, 0.15) is 53.4 Å². The quantitative estimate of drug-likeness (QED) is 0.223. The van der Waals surface area contributed by atoms with Crippen LogP contribution in [0.15, 0.2) is 42.7 Å². The first-order valence-electron chi connectivity index (χ1n) is 13.0. The maximum Gasteiger partial charge on any atom is 0.310 e. The summed E-state index contributed by atoms with van der Waals surface area (Å²) in [4.78, 5) is 19.5. The molecule has 9 nitrogen and oxygen atoms in total. The number of hydrogen-bond acceptors (Lipinski definition) is 7. The summed E-state index contributed by atoms with van der Waals surface area (Å²) in [5, 5.41) is 11.8. The molecule has 4 rings (SSSR count). The molecular formula is C29H40N6O3. The molecule has 5 N–H and O–H groups in total. The number of carboxylic acids is 1. The summed E-state index contributed by atoms with van der Waals surface area (Å²) in [5.74, 6) is 5.68. The highest BCUT2D eigenvalue weighted by atomic mass is 16.5. The molecule has 0 aliphatic carbocycles. The molecule has 1 atom stereocenters. The van der Waals surface area contributed by atoms with Crippen molar-refractivity contribution >= 4 is 17.3 Å².